The van der Waals surface area contributed by atoms with E-state index < -0.39 is 40.1 Å². The van der Waals surface area contributed by atoms with Gasteiger partial charge in [-0.2, -0.15) is 0 Å². The molecule has 53 heavy (non-hydrogen) atoms. The van der Waals surface area contributed by atoms with Crippen molar-refractivity contribution >= 4 is 17.7 Å². The van der Waals surface area contributed by atoms with Gasteiger partial charge in [-0.25, -0.2) is 0 Å². The van der Waals surface area contributed by atoms with Crippen LogP contribution in [0.1, 0.15) is 50.7 Å². The number of aromatic hydroxyl groups is 2. The van der Waals surface area contributed by atoms with E-state index in [1.54, 1.807) is 4.57 Å². The number of nitrogens with zero attached hydrogens (tertiary/aromatic N) is 3. The highest BCUT2D eigenvalue weighted by Gasteiger charge is 2.31. The van der Waals surface area contributed by atoms with Gasteiger partial charge in [0.25, 0.3) is 17.7 Å². The number of ether oxygens (including phenoxy) is 3. The van der Waals surface area contributed by atoms with E-state index in [2.05, 4.69) is 16.0 Å². The Balaban J connectivity index is 1.52. The molecule has 0 saturated heterocycles. The predicted molar refractivity (Wildman–Crippen MR) is 192 cm³/mol. The zero-order valence-electron chi connectivity index (χ0n) is 30.2. The number of rotatable bonds is 18. The maximum Gasteiger partial charge on any atom is 0.271 e. The van der Waals surface area contributed by atoms with Gasteiger partial charge in [-0.15, -0.1) is 0 Å². The monoisotopic (exact) mass is 740 g/mol. The molecular weight excluding hydrogens is 692 g/mol. The average molecular weight is 741 g/mol. The van der Waals surface area contributed by atoms with E-state index in [4.69, 9.17) is 14.2 Å². The third-order valence-electron chi connectivity index (χ3n) is 9.23. The number of carbonyl (C=O) groups is 3. The summed E-state index contributed by atoms with van der Waals surface area (Å²) in [5, 5.41) is 29.6. The number of pyridine rings is 3. The topological polar surface area (TPSA) is 221 Å². The Morgan fingerprint density at radius 1 is 0.623 bits per heavy atom. The Kier molecular flexibility index (Phi) is 14.9. The van der Waals surface area contributed by atoms with Gasteiger partial charge >= 0.3 is 0 Å². The van der Waals surface area contributed by atoms with Crippen molar-refractivity contribution in [3.05, 3.63) is 90.6 Å². The first-order valence-electron chi connectivity index (χ1n) is 17.3. The van der Waals surface area contributed by atoms with Gasteiger partial charge in [-0.05, 0) is 37.0 Å². The fraction of sp³-hybridized carbons (Fsp3) is 0.500. The number of hydrogen-bond acceptors (Lipinski definition) is 11. The van der Waals surface area contributed by atoms with Gasteiger partial charge in [-0.1, -0.05) is 0 Å². The number of aromatic nitrogens is 3. The zero-order chi connectivity index (χ0) is 38.5. The van der Waals surface area contributed by atoms with Crippen LogP contribution in [-0.4, -0.2) is 102 Å². The molecule has 3 heterocycles. The third-order valence-corrected chi connectivity index (χ3v) is 9.23. The lowest BCUT2D eigenvalue weighted by Gasteiger charge is -2.35. The summed E-state index contributed by atoms with van der Waals surface area (Å²) in [4.78, 5) is 76.6. The summed E-state index contributed by atoms with van der Waals surface area (Å²) in [5.41, 5.74) is -1.91. The molecule has 1 aliphatic carbocycles. The normalized spacial score (nSPS) is 16.9. The molecule has 0 bridgehead atoms. The highest BCUT2D eigenvalue weighted by atomic mass is 16.5. The smallest absolute Gasteiger partial charge is 0.271 e. The maximum atomic E-state index is 13.4. The van der Waals surface area contributed by atoms with Crippen LogP contribution < -0.4 is 32.2 Å². The third kappa shape index (κ3) is 10.9. The molecule has 5 N–H and O–H groups in total. The molecule has 1 fully saturated rings. The summed E-state index contributed by atoms with van der Waals surface area (Å²) >= 11 is 0. The summed E-state index contributed by atoms with van der Waals surface area (Å²) in [6, 6.07) is 4.96. The molecule has 3 atom stereocenters. The van der Waals surface area contributed by atoms with Crippen LogP contribution in [0.15, 0.2) is 57.2 Å². The van der Waals surface area contributed by atoms with Crippen molar-refractivity contribution in [2.24, 2.45) is 17.8 Å². The first kappa shape index (κ1) is 40.5. The summed E-state index contributed by atoms with van der Waals surface area (Å²) in [6.07, 6.45) is 6.05. The largest absolute Gasteiger partial charge is 0.503 e. The van der Waals surface area contributed by atoms with Crippen LogP contribution >= 0.6 is 0 Å². The number of nitrogens with one attached hydrogen (secondary N) is 3. The summed E-state index contributed by atoms with van der Waals surface area (Å²) in [6.45, 7) is 2.15. The average Bonchev–Trinajstić information content (AvgIpc) is 3.15. The number of carbonyl (C=O) groups excluding carboxylic acids is 3. The quantitative estimate of drug-likeness (QED) is 0.118. The Morgan fingerprint density at radius 2 is 1.00 bits per heavy atom. The zero-order valence-corrected chi connectivity index (χ0v) is 30.2. The summed E-state index contributed by atoms with van der Waals surface area (Å²) in [7, 11) is 4.52. The van der Waals surface area contributed by atoms with Crippen molar-refractivity contribution in [3.63, 3.8) is 0 Å². The molecule has 3 amide bonds. The Hall–Kier alpha value is -5.26. The second kappa shape index (κ2) is 19.5. The molecule has 3 aromatic rings. The molecule has 4 rings (SSSR count). The van der Waals surface area contributed by atoms with Gasteiger partial charge in [0.15, 0.2) is 28.3 Å². The highest BCUT2D eigenvalue weighted by molar-refractivity contribution is 5.95. The van der Waals surface area contributed by atoms with Crippen LogP contribution in [0.3, 0.4) is 0 Å². The standard InChI is InChI=1S/C36H48N6O11/c1-51-13-10-40-7-4-26(43)19-27(40)34(48)37-20-23-16-24(21-38-35(49)30-32(46)28(44)5-8-41(30)11-14-52-2)18-25(17-23)22-39-36(50)31-33(47)29(45)6-9-42(31)12-15-53-3/h4-9,19,23-25,46-47H,10-18,20-22H2,1-3H3,(H,37,48)(H,38,49)(H,39,50)/t23?,24-,25+. The van der Waals surface area contributed by atoms with E-state index in [0.717, 1.165) is 0 Å². The van der Waals surface area contributed by atoms with Crippen LogP contribution in [0.25, 0.3) is 0 Å². The second-order valence-electron chi connectivity index (χ2n) is 13.0. The minimum atomic E-state index is -0.698. The van der Waals surface area contributed by atoms with E-state index >= 15 is 0 Å². The Morgan fingerprint density at radius 3 is 1.42 bits per heavy atom. The lowest BCUT2D eigenvalue weighted by Crippen LogP contribution is -2.42. The van der Waals surface area contributed by atoms with Crippen molar-refractivity contribution < 1.29 is 38.8 Å². The second-order valence-corrected chi connectivity index (χ2v) is 13.0. The van der Waals surface area contributed by atoms with Gasteiger partial charge in [0.1, 0.15) is 5.69 Å². The van der Waals surface area contributed by atoms with Crippen molar-refractivity contribution in [2.75, 3.05) is 60.8 Å². The van der Waals surface area contributed by atoms with E-state index in [0.29, 0.717) is 32.4 Å². The van der Waals surface area contributed by atoms with Crippen LogP contribution in [0.5, 0.6) is 11.5 Å². The van der Waals surface area contributed by atoms with Gasteiger partial charge in [0.05, 0.1) is 19.8 Å². The molecular formula is C36H48N6O11. The minimum Gasteiger partial charge on any atom is -0.503 e. The van der Waals surface area contributed by atoms with E-state index in [1.165, 1.54) is 73.3 Å². The van der Waals surface area contributed by atoms with E-state index in [9.17, 15) is 39.0 Å². The summed E-state index contributed by atoms with van der Waals surface area (Å²) in [5.74, 6) is -3.51. The van der Waals surface area contributed by atoms with Crippen molar-refractivity contribution in [3.8, 4) is 11.5 Å². The molecule has 1 aliphatic rings. The van der Waals surface area contributed by atoms with Crippen molar-refractivity contribution in [1.29, 1.82) is 0 Å². The molecule has 1 saturated carbocycles. The van der Waals surface area contributed by atoms with Gasteiger partial charge in [0.2, 0.25) is 10.9 Å². The molecule has 17 heteroatoms. The predicted octanol–water partition coefficient (Wildman–Crippen LogP) is 0.144. The van der Waals surface area contributed by atoms with Crippen molar-refractivity contribution in [1.82, 2.24) is 29.7 Å². The maximum absolute atomic E-state index is 13.4. The molecule has 288 valence electrons. The van der Waals surface area contributed by atoms with Crippen LogP contribution in [0.2, 0.25) is 0 Å². The fourth-order valence-corrected chi connectivity index (χ4v) is 6.62. The molecule has 1 unspecified atom stereocenters. The van der Waals surface area contributed by atoms with Crippen LogP contribution in [-0.2, 0) is 33.8 Å². The molecule has 17 nitrogen and oxygen atoms in total. The van der Waals surface area contributed by atoms with E-state index in [-0.39, 0.29) is 86.2 Å². The van der Waals surface area contributed by atoms with Gasteiger partial charge < -0.3 is 54.1 Å². The Bertz CT molecular complexity index is 1830. The molecule has 0 aliphatic heterocycles. The van der Waals surface area contributed by atoms with Gasteiger partial charge in [0, 0.05) is 103 Å². The van der Waals surface area contributed by atoms with Crippen LogP contribution in [0.4, 0.5) is 0 Å². The molecule has 3 aromatic heterocycles. The number of methoxy groups -OCH3 is 3. The molecule has 0 aromatic carbocycles. The highest BCUT2D eigenvalue weighted by Crippen LogP contribution is 2.33. The fourth-order valence-electron chi connectivity index (χ4n) is 6.62. The van der Waals surface area contributed by atoms with Crippen molar-refractivity contribution in [2.45, 2.75) is 38.9 Å². The summed E-state index contributed by atoms with van der Waals surface area (Å²) < 4.78 is 19.8. The Labute approximate surface area is 305 Å². The first-order chi connectivity index (χ1) is 25.5. The molecule has 0 spiro atoms. The number of amides is 3. The van der Waals surface area contributed by atoms with Gasteiger partial charge in [-0.3, -0.25) is 28.8 Å². The number of hydrogen-bond donors (Lipinski definition) is 5. The molecule has 0 radical (unpaired) electrons. The lowest BCUT2D eigenvalue weighted by molar-refractivity contribution is 0.0897. The lowest BCUT2D eigenvalue weighted by atomic mass is 9.75. The van der Waals surface area contributed by atoms with Crippen LogP contribution in [0, 0.1) is 17.8 Å². The SMILES string of the molecule is COCCn1ccc(=O)cc1C(=O)NCC1C[C@@H](CNC(=O)c2c(O)c(=O)ccn2CCOC)C[C@@H](CNC(=O)c2c(O)c(=O)ccn2CCOC)C1. The minimum absolute atomic E-state index is 0.116. The van der Waals surface area contributed by atoms with E-state index in [1.807, 2.05) is 0 Å². The first-order valence-corrected chi connectivity index (χ1v) is 17.3.